The highest BCUT2D eigenvalue weighted by Gasteiger charge is 2.20. The molecule has 96 valence electrons. The standard InChI is InChI=1S/C13H15BrClN3/c1-3-16-13(11-7-18(2)8-17-11)12-9(14)5-4-6-10(12)15/h4-8,13,16H,3H2,1-2H3. The second-order valence-corrected chi connectivity index (χ2v) is 5.35. The van der Waals surface area contributed by atoms with Crippen LogP contribution in [0.15, 0.2) is 35.2 Å². The first-order chi connectivity index (χ1) is 8.63. The minimum atomic E-state index is -0.000671. The first kappa shape index (κ1) is 13.6. The number of hydrogen-bond acceptors (Lipinski definition) is 2. The number of nitrogens with one attached hydrogen (secondary N) is 1. The van der Waals surface area contributed by atoms with Gasteiger partial charge in [0.1, 0.15) is 0 Å². The summed E-state index contributed by atoms with van der Waals surface area (Å²) in [7, 11) is 1.96. The van der Waals surface area contributed by atoms with Gasteiger partial charge in [0.25, 0.3) is 0 Å². The van der Waals surface area contributed by atoms with Crippen molar-refractivity contribution in [2.75, 3.05) is 6.54 Å². The molecule has 1 aromatic heterocycles. The van der Waals surface area contributed by atoms with Crippen LogP contribution in [-0.4, -0.2) is 16.1 Å². The van der Waals surface area contributed by atoms with Crippen molar-refractivity contribution in [2.24, 2.45) is 7.05 Å². The van der Waals surface area contributed by atoms with Gasteiger partial charge in [-0.1, -0.05) is 40.5 Å². The SMILES string of the molecule is CCNC(c1cn(C)cn1)c1c(Cl)cccc1Br. The molecule has 3 nitrogen and oxygen atoms in total. The molecule has 0 fully saturated rings. The maximum Gasteiger partial charge on any atom is 0.0947 e. The summed E-state index contributed by atoms with van der Waals surface area (Å²) in [6, 6.07) is 5.82. The number of halogens is 2. The van der Waals surface area contributed by atoms with E-state index in [-0.39, 0.29) is 6.04 Å². The second kappa shape index (κ2) is 5.87. The van der Waals surface area contributed by atoms with E-state index in [0.717, 1.165) is 27.3 Å². The summed E-state index contributed by atoms with van der Waals surface area (Å²) in [5, 5.41) is 4.16. The van der Waals surface area contributed by atoms with Crippen molar-refractivity contribution in [2.45, 2.75) is 13.0 Å². The van der Waals surface area contributed by atoms with Crippen LogP contribution in [0, 0.1) is 0 Å². The molecule has 18 heavy (non-hydrogen) atoms. The molecular formula is C13H15BrClN3. The first-order valence-electron chi connectivity index (χ1n) is 5.78. The zero-order valence-electron chi connectivity index (χ0n) is 10.3. The molecule has 0 spiro atoms. The highest BCUT2D eigenvalue weighted by molar-refractivity contribution is 9.10. The van der Waals surface area contributed by atoms with E-state index in [2.05, 4.69) is 33.2 Å². The third kappa shape index (κ3) is 2.76. The van der Waals surface area contributed by atoms with E-state index >= 15 is 0 Å². The van der Waals surface area contributed by atoms with Crippen LogP contribution in [0.1, 0.15) is 24.2 Å². The molecule has 0 aliphatic heterocycles. The van der Waals surface area contributed by atoms with Crippen molar-refractivity contribution in [3.05, 3.63) is 51.5 Å². The minimum Gasteiger partial charge on any atom is -0.340 e. The average Bonchev–Trinajstić information content (AvgIpc) is 2.74. The molecule has 0 saturated heterocycles. The Bertz CT molecular complexity index is 519. The van der Waals surface area contributed by atoms with Crippen LogP contribution < -0.4 is 5.32 Å². The molecule has 0 aliphatic carbocycles. The first-order valence-corrected chi connectivity index (χ1v) is 6.95. The van der Waals surface area contributed by atoms with Gasteiger partial charge in [0.2, 0.25) is 0 Å². The predicted octanol–water partition coefficient (Wildman–Crippen LogP) is 3.53. The lowest BCUT2D eigenvalue weighted by molar-refractivity contribution is 0.615. The largest absolute Gasteiger partial charge is 0.340 e. The Balaban J connectivity index is 2.47. The molecule has 1 N–H and O–H groups in total. The summed E-state index contributed by atoms with van der Waals surface area (Å²) >= 11 is 9.87. The van der Waals surface area contributed by atoms with Gasteiger partial charge in [0.15, 0.2) is 0 Å². The van der Waals surface area contributed by atoms with Gasteiger partial charge in [-0.2, -0.15) is 0 Å². The number of imidazole rings is 1. The van der Waals surface area contributed by atoms with Crippen LogP contribution >= 0.6 is 27.5 Å². The molecule has 1 heterocycles. The Labute approximate surface area is 120 Å². The van der Waals surface area contributed by atoms with Crippen molar-refractivity contribution in [1.82, 2.24) is 14.9 Å². The van der Waals surface area contributed by atoms with E-state index < -0.39 is 0 Å². The van der Waals surface area contributed by atoms with Crippen LogP contribution in [0.2, 0.25) is 5.02 Å². The van der Waals surface area contributed by atoms with Crippen LogP contribution in [0.25, 0.3) is 0 Å². The summed E-state index contributed by atoms with van der Waals surface area (Å²) in [5.74, 6) is 0. The molecule has 0 saturated carbocycles. The normalized spacial score (nSPS) is 12.7. The Hall–Kier alpha value is -0.840. The molecule has 1 atom stereocenters. The lowest BCUT2D eigenvalue weighted by atomic mass is 10.0. The van der Waals surface area contributed by atoms with Crippen molar-refractivity contribution < 1.29 is 0 Å². The summed E-state index contributed by atoms with van der Waals surface area (Å²) < 4.78 is 2.93. The number of nitrogens with zero attached hydrogens (tertiary/aromatic N) is 2. The van der Waals surface area contributed by atoms with Crippen molar-refractivity contribution in [3.63, 3.8) is 0 Å². The number of benzene rings is 1. The van der Waals surface area contributed by atoms with Gasteiger partial charge >= 0.3 is 0 Å². The average molecular weight is 329 g/mol. The number of aromatic nitrogens is 2. The molecule has 5 heteroatoms. The van der Waals surface area contributed by atoms with Gasteiger partial charge in [-0.05, 0) is 18.7 Å². The van der Waals surface area contributed by atoms with E-state index in [0.29, 0.717) is 0 Å². The van der Waals surface area contributed by atoms with E-state index in [4.69, 9.17) is 11.6 Å². The van der Waals surface area contributed by atoms with Crippen LogP contribution in [0.5, 0.6) is 0 Å². The fourth-order valence-electron chi connectivity index (χ4n) is 1.93. The number of hydrogen-bond donors (Lipinski definition) is 1. The second-order valence-electron chi connectivity index (χ2n) is 4.09. The van der Waals surface area contributed by atoms with Gasteiger partial charge in [-0.3, -0.25) is 0 Å². The van der Waals surface area contributed by atoms with E-state index in [9.17, 15) is 0 Å². The van der Waals surface area contributed by atoms with Crippen molar-refractivity contribution >= 4 is 27.5 Å². The molecule has 1 unspecified atom stereocenters. The molecule has 0 amide bonds. The van der Waals surface area contributed by atoms with Crippen LogP contribution in [0.3, 0.4) is 0 Å². The number of rotatable bonds is 4. The highest BCUT2D eigenvalue weighted by Crippen LogP contribution is 2.33. The van der Waals surface area contributed by atoms with Gasteiger partial charge in [-0.25, -0.2) is 4.98 Å². The number of aryl methyl sites for hydroxylation is 1. The van der Waals surface area contributed by atoms with Crippen molar-refractivity contribution in [1.29, 1.82) is 0 Å². The summed E-state index contributed by atoms with van der Waals surface area (Å²) in [5.41, 5.74) is 1.99. The maximum atomic E-state index is 6.31. The Morgan fingerprint density at radius 1 is 1.50 bits per heavy atom. The molecule has 0 aliphatic rings. The maximum absolute atomic E-state index is 6.31. The summed E-state index contributed by atoms with van der Waals surface area (Å²) in [6.07, 6.45) is 3.80. The highest BCUT2D eigenvalue weighted by atomic mass is 79.9. The van der Waals surface area contributed by atoms with Gasteiger partial charge in [0, 0.05) is 28.3 Å². The molecule has 0 radical (unpaired) electrons. The molecule has 2 rings (SSSR count). The zero-order chi connectivity index (χ0) is 13.1. The Morgan fingerprint density at radius 2 is 2.28 bits per heavy atom. The molecular weight excluding hydrogens is 314 g/mol. The van der Waals surface area contributed by atoms with E-state index in [1.165, 1.54) is 0 Å². The monoisotopic (exact) mass is 327 g/mol. The van der Waals surface area contributed by atoms with Crippen molar-refractivity contribution in [3.8, 4) is 0 Å². The van der Waals surface area contributed by atoms with E-state index in [1.807, 2.05) is 36.0 Å². The van der Waals surface area contributed by atoms with Crippen LogP contribution in [0.4, 0.5) is 0 Å². The predicted molar refractivity (Wildman–Crippen MR) is 77.9 cm³/mol. The quantitative estimate of drug-likeness (QED) is 0.930. The molecule has 0 bridgehead atoms. The molecule has 1 aromatic carbocycles. The topological polar surface area (TPSA) is 29.9 Å². The fraction of sp³-hybridized carbons (Fsp3) is 0.308. The van der Waals surface area contributed by atoms with Gasteiger partial charge in [-0.15, -0.1) is 0 Å². The summed E-state index contributed by atoms with van der Waals surface area (Å²) in [4.78, 5) is 4.41. The smallest absolute Gasteiger partial charge is 0.0947 e. The van der Waals surface area contributed by atoms with Gasteiger partial charge < -0.3 is 9.88 Å². The fourth-order valence-corrected chi connectivity index (χ4v) is 2.92. The molecule has 2 aromatic rings. The van der Waals surface area contributed by atoms with E-state index in [1.54, 1.807) is 6.33 Å². The third-order valence-corrected chi connectivity index (χ3v) is 3.74. The Kier molecular flexibility index (Phi) is 4.43. The summed E-state index contributed by atoms with van der Waals surface area (Å²) in [6.45, 7) is 2.92. The van der Waals surface area contributed by atoms with Crippen LogP contribution in [-0.2, 0) is 7.05 Å². The lowest BCUT2D eigenvalue weighted by Gasteiger charge is -2.19. The lowest BCUT2D eigenvalue weighted by Crippen LogP contribution is -2.23. The minimum absolute atomic E-state index is 0.000671. The Morgan fingerprint density at radius 3 is 2.83 bits per heavy atom. The third-order valence-electron chi connectivity index (χ3n) is 2.72. The zero-order valence-corrected chi connectivity index (χ0v) is 12.7. The van der Waals surface area contributed by atoms with Gasteiger partial charge in [0.05, 0.1) is 18.1 Å².